The van der Waals surface area contributed by atoms with Crippen molar-refractivity contribution in [1.29, 1.82) is 0 Å². The number of nitrogens with one attached hydrogen (secondary N) is 1. The van der Waals surface area contributed by atoms with Crippen molar-refractivity contribution in [2.45, 2.75) is 32.4 Å². The summed E-state index contributed by atoms with van der Waals surface area (Å²) >= 11 is 0. The van der Waals surface area contributed by atoms with Gasteiger partial charge in [-0.2, -0.15) is 0 Å². The molecule has 0 radical (unpaired) electrons. The maximum Gasteiger partial charge on any atom is 0.255 e. The van der Waals surface area contributed by atoms with Crippen LogP contribution in [0.2, 0.25) is 0 Å². The van der Waals surface area contributed by atoms with Crippen molar-refractivity contribution in [1.82, 2.24) is 10.2 Å². The molecule has 1 saturated heterocycles. The highest BCUT2D eigenvalue weighted by molar-refractivity contribution is 5.97. The Morgan fingerprint density at radius 2 is 1.81 bits per heavy atom. The van der Waals surface area contributed by atoms with Gasteiger partial charge in [-0.1, -0.05) is 44.2 Å². The molecular formula is C15H18F2N2O2. The molecule has 0 saturated carbocycles. The van der Waals surface area contributed by atoms with E-state index in [1.165, 1.54) is 0 Å². The van der Waals surface area contributed by atoms with Crippen LogP contribution in [0.25, 0.3) is 0 Å². The molecule has 0 spiro atoms. The van der Waals surface area contributed by atoms with Gasteiger partial charge in [0.2, 0.25) is 5.91 Å². The van der Waals surface area contributed by atoms with Crippen LogP contribution >= 0.6 is 0 Å². The Hall–Kier alpha value is -1.98. The molecule has 1 N–H and O–H groups in total. The van der Waals surface area contributed by atoms with E-state index >= 15 is 0 Å². The first-order valence-electron chi connectivity index (χ1n) is 6.85. The molecule has 1 aromatic carbocycles. The van der Waals surface area contributed by atoms with Gasteiger partial charge in [0.1, 0.15) is 12.1 Å². The van der Waals surface area contributed by atoms with Crippen molar-refractivity contribution in [2.24, 2.45) is 5.92 Å². The van der Waals surface area contributed by atoms with Crippen LogP contribution in [0.1, 0.15) is 25.5 Å². The maximum absolute atomic E-state index is 12.8. The average molecular weight is 296 g/mol. The number of amides is 2. The van der Waals surface area contributed by atoms with Crippen LogP contribution in [0.15, 0.2) is 30.3 Å². The highest BCUT2D eigenvalue weighted by Crippen LogP contribution is 2.26. The van der Waals surface area contributed by atoms with Gasteiger partial charge in [0, 0.05) is 0 Å². The Labute approximate surface area is 122 Å². The van der Waals surface area contributed by atoms with Crippen molar-refractivity contribution in [3.8, 4) is 0 Å². The van der Waals surface area contributed by atoms with E-state index in [9.17, 15) is 18.4 Å². The fourth-order valence-corrected chi connectivity index (χ4v) is 2.62. The lowest BCUT2D eigenvalue weighted by Gasteiger charge is -2.40. The largest absolute Gasteiger partial charge is 0.339 e. The molecule has 0 aromatic heterocycles. The Balaban J connectivity index is 2.33. The molecule has 6 heteroatoms. The van der Waals surface area contributed by atoms with E-state index in [2.05, 4.69) is 5.32 Å². The zero-order chi connectivity index (χ0) is 15.6. The second-order valence-electron chi connectivity index (χ2n) is 5.42. The van der Waals surface area contributed by atoms with Crippen LogP contribution in [0.3, 0.4) is 0 Å². The summed E-state index contributed by atoms with van der Waals surface area (Å²) in [6.45, 7) is 2.75. The molecule has 1 aliphatic rings. The standard InChI is InChI=1S/C15H18F2N2O2/c1-9(2)13-14(20)18-12(10-6-4-3-5-7-10)15(21)19(13)8-11(16)17/h3-7,9,11-13H,8H2,1-2H3,(H,18,20). The lowest BCUT2D eigenvalue weighted by atomic mass is 9.94. The van der Waals surface area contributed by atoms with Crippen molar-refractivity contribution < 1.29 is 18.4 Å². The zero-order valence-electron chi connectivity index (χ0n) is 11.9. The number of benzene rings is 1. The minimum Gasteiger partial charge on any atom is -0.339 e. The summed E-state index contributed by atoms with van der Waals surface area (Å²) in [5.41, 5.74) is 0.595. The minimum absolute atomic E-state index is 0.232. The molecule has 4 nitrogen and oxygen atoms in total. The molecule has 0 aliphatic carbocycles. The van der Waals surface area contributed by atoms with E-state index in [0.29, 0.717) is 5.56 Å². The monoisotopic (exact) mass is 296 g/mol. The van der Waals surface area contributed by atoms with Gasteiger partial charge < -0.3 is 10.2 Å². The van der Waals surface area contributed by atoms with Crippen molar-refractivity contribution >= 4 is 11.8 Å². The van der Waals surface area contributed by atoms with E-state index in [0.717, 1.165) is 4.90 Å². The topological polar surface area (TPSA) is 49.4 Å². The first-order valence-corrected chi connectivity index (χ1v) is 6.85. The number of halogens is 2. The lowest BCUT2D eigenvalue weighted by molar-refractivity contribution is -0.153. The summed E-state index contributed by atoms with van der Waals surface area (Å²) in [7, 11) is 0. The summed E-state index contributed by atoms with van der Waals surface area (Å²) < 4.78 is 25.5. The number of piperazine rings is 1. The van der Waals surface area contributed by atoms with Gasteiger partial charge in [-0.05, 0) is 11.5 Å². The Kier molecular flexibility index (Phi) is 4.55. The third-order valence-electron chi connectivity index (χ3n) is 3.52. The van der Waals surface area contributed by atoms with Gasteiger partial charge in [-0.15, -0.1) is 0 Å². The van der Waals surface area contributed by atoms with Crippen molar-refractivity contribution in [3.63, 3.8) is 0 Å². The molecule has 2 atom stereocenters. The number of alkyl halides is 2. The molecule has 2 unspecified atom stereocenters. The van der Waals surface area contributed by atoms with Gasteiger partial charge in [0.25, 0.3) is 12.3 Å². The highest BCUT2D eigenvalue weighted by atomic mass is 19.3. The molecule has 114 valence electrons. The second kappa shape index (κ2) is 6.20. The normalized spacial score (nSPS) is 22.9. The second-order valence-corrected chi connectivity index (χ2v) is 5.42. The third kappa shape index (κ3) is 3.20. The summed E-state index contributed by atoms with van der Waals surface area (Å²) in [4.78, 5) is 25.7. The molecule has 1 aromatic rings. The number of nitrogens with zero attached hydrogens (tertiary/aromatic N) is 1. The van der Waals surface area contributed by atoms with Gasteiger partial charge in [0.15, 0.2) is 0 Å². The van der Waals surface area contributed by atoms with Crippen LogP contribution in [0.4, 0.5) is 8.78 Å². The van der Waals surface area contributed by atoms with E-state index in [4.69, 9.17) is 0 Å². The Morgan fingerprint density at radius 1 is 1.19 bits per heavy atom. The predicted molar refractivity (Wildman–Crippen MR) is 73.7 cm³/mol. The van der Waals surface area contributed by atoms with Crippen LogP contribution in [-0.4, -0.2) is 35.7 Å². The summed E-state index contributed by atoms with van der Waals surface area (Å²) in [6.07, 6.45) is -2.67. The minimum atomic E-state index is -2.67. The molecule has 2 amide bonds. The highest BCUT2D eigenvalue weighted by Gasteiger charge is 2.43. The molecule has 1 aliphatic heterocycles. The zero-order valence-corrected chi connectivity index (χ0v) is 11.9. The summed E-state index contributed by atoms with van der Waals surface area (Å²) in [6, 6.07) is 6.89. The maximum atomic E-state index is 12.8. The van der Waals surface area contributed by atoms with Crippen molar-refractivity contribution in [2.75, 3.05) is 6.54 Å². The number of carbonyl (C=O) groups is 2. The number of carbonyl (C=O) groups excluding carboxylic acids is 2. The van der Waals surface area contributed by atoms with Crippen molar-refractivity contribution in [3.05, 3.63) is 35.9 Å². The molecule has 2 rings (SSSR count). The number of rotatable bonds is 4. The Morgan fingerprint density at radius 3 is 2.33 bits per heavy atom. The Bertz CT molecular complexity index is 520. The molecule has 1 heterocycles. The number of hydrogen-bond donors (Lipinski definition) is 1. The molecular weight excluding hydrogens is 278 g/mol. The first-order chi connectivity index (χ1) is 9.91. The van der Waals surface area contributed by atoms with E-state index in [-0.39, 0.29) is 11.8 Å². The van der Waals surface area contributed by atoms with Crippen LogP contribution < -0.4 is 5.32 Å². The molecule has 1 fully saturated rings. The van der Waals surface area contributed by atoms with Crippen LogP contribution in [-0.2, 0) is 9.59 Å². The van der Waals surface area contributed by atoms with Gasteiger partial charge in [-0.3, -0.25) is 9.59 Å². The summed E-state index contributed by atoms with van der Waals surface area (Å²) in [5.74, 6) is -1.11. The average Bonchev–Trinajstić information content (AvgIpc) is 2.42. The first kappa shape index (κ1) is 15.4. The van der Waals surface area contributed by atoms with Gasteiger partial charge in [-0.25, -0.2) is 8.78 Å². The van der Waals surface area contributed by atoms with Crippen LogP contribution in [0.5, 0.6) is 0 Å². The molecule has 0 bridgehead atoms. The fraction of sp³-hybridized carbons (Fsp3) is 0.467. The van der Waals surface area contributed by atoms with E-state index < -0.39 is 31.0 Å². The lowest BCUT2D eigenvalue weighted by Crippen LogP contribution is -2.62. The third-order valence-corrected chi connectivity index (χ3v) is 3.52. The van der Waals surface area contributed by atoms with Crippen LogP contribution in [0, 0.1) is 5.92 Å². The quantitative estimate of drug-likeness (QED) is 0.923. The SMILES string of the molecule is CC(C)C1C(=O)NC(c2ccccc2)C(=O)N1CC(F)F. The smallest absolute Gasteiger partial charge is 0.255 e. The van der Waals surface area contributed by atoms with Gasteiger partial charge in [0.05, 0.1) is 6.54 Å². The summed E-state index contributed by atoms with van der Waals surface area (Å²) in [5, 5.41) is 2.64. The fourth-order valence-electron chi connectivity index (χ4n) is 2.62. The molecule has 21 heavy (non-hydrogen) atoms. The van der Waals surface area contributed by atoms with Gasteiger partial charge >= 0.3 is 0 Å². The predicted octanol–water partition coefficient (Wildman–Crippen LogP) is 1.98. The van der Waals surface area contributed by atoms with E-state index in [1.807, 2.05) is 0 Å². The van der Waals surface area contributed by atoms with E-state index in [1.54, 1.807) is 44.2 Å². The number of hydrogen-bond acceptors (Lipinski definition) is 2.